The Hall–Kier alpha value is 0.100. The average Bonchev–Trinajstić information content (AvgIpc) is 2.77. The molecular weight excluding hydrogens is 308 g/mol. The molecule has 18 heavy (non-hydrogen) atoms. The molecule has 0 bridgehead atoms. The van der Waals surface area contributed by atoms with E-state index in [1.54, 1.807) is 11.3 Å². The molecular formula is C14H23BrN2S. The van der Waals surface area contributed by atoms with E-state index in [1.807, 2.05) is 0 Å². The molecule has 4 heteroatoms. The van der Waals surface area contributed by atoms with E-state index in [1.165, 1.54) is 35.0 Å². The zero-order chi connectivity index (χ0) is 13.1. The van der Waals surface area contributed by atoms with Crippen molar-refractivity contribution in [2.45, 2.75) is 44.7 Å². The van der Waals surface area contributed by atoms with Gasteiger partial charge in [-0.15, -0.1) is 11.3 Å². The second-order valence-corrected chi connectivity index (χ2v) is 7.72. The Morgan fingerprint density at radius 1 is 1.50 bits per heavy atom. The molecule has 1 aromatic heterocycles. The van der Waals surface area contributed by atoms with Gasteiger partial charge in [-0.25, -0.2) is 0 Å². The van der Waals surface area contributed by atoms with E-state index >= 15 is 0 Å². The number of hydrogen-bond acceptors (Lipinski definition) is 3. The number of thiophene rings is 1. The maximum atomic E-state index is 6.01. The summed E-state index contributed by atoms with van der Waals surface area (Å²) in [5, 5.41) is 2.23. The van der Waals surface area contributed by atoms with Crippen molar-refractivity contribution in [2.24, 2.45) is 11.7 Å². The minimum Gasteiger partial charge on any atom is -0.329 e. The van der Waals surface area contributed by atoms with Crippen LogP contribution < -0.4 is 5.73 Å². The van der Waals surface area contributed by atoms with Crippen LogP contribution in [0.4, 0.5) is 0 Å². The predicted molar refractivity (Wildman–Crippen MR) is 83.0 cm³/mol. The standard InChI is InChI=1S/C14H23BrN2S/c1-10-5-3-4-6-12(10)17(2)13(8-16)11-7-14(15)18-9-11/h7,9-10,12-13H,3-6,8,16H2,1-2H3. The lowest BCUT2D eigenvalue weighted by Crippen LogP contribution is -2.43. The predicted octanol–water partition coefficient (Wildman–Crippen LogP) is 4.02. The van der Waals surface area contributed by atoms with Crippen LogP contribution in [0.5, 0.6) is 0 Å². The number of hydrogen-bond donors (Lipinski definition) is 1. The fraction of sp³-hybridized carbons (Fsp3) is 0.714. The minimum absolute atomic E-state index is 0.359. The second kappa shape index (κ2) is 6.51. The molecule has 0 aromatic carbocycles. The molecule has 1 aliphatic carbocycles. The zero-order valence-electron chi connectivity index (χ0n) is 11.2. The smallest absolute Gasteiger partial charge is 0.0701 e. The lowest BCUT2D eigenvalue weighted by atomic mass is 9.84. The van der Waals surface area contributed by atoms with Crippen molar-refractivity contribution in [1.29, 1.82) is 0 Å². The van der Waals surface area contributed by atoms with Crippen LogP contribution in [0.25, 0.3) is 0 Å². The normalized spacial score (nSPS) is 26.5. The van der Waals surface area contributed by atoms with Gasteiger partial charge in [0.15, 0.2) is 0 Å². The van der Waals surface area contributed by atoms with Gasteiger partial charge in [-0.2, -0.15) is 0 Å². The van der Waals surface area contributed by atoms with Gasteiger partial charge in [-0.1, -0.05) is 19.8 Å². The van der Waals surface area contributed by atoms with E-state index in [-0.39, 0.29) is 0 Å². The first-order valence-corrected chi connectivity index (χ1v) is 8.46. The maximum Gasteiger partial charge on any atom is 0.0701 e. The molecule has 2 N–H and O–H groups in total. The monoisotopic (exact) mass is 330 g/mol. The van der Waals surface area contributed by atoms with Crippen LogP contribution in [0.2, 0.25) is 0 Å². The van der Waals surface area contributed by atoms with Gasteiger partial charge in [-0.05, 0) is 58.7 Å². The highest BCUT2D eigenvalue weighted by atomic mass is 79.9. The second-order valence-electron chi connectivity index (χ2n) is 5.43. The third-order valence-corrected chi connectivity index (χ3v) is 5.80. The van der Waals surface area contributed by atoms with Crippen molar-refractivity contribution in [3.8, 4) is 0 Å². The molecule has 1 aromatic rings. The van der Waals surface area contributed by atoms with E-state index in [4.69, 9.17) is 5.73 Å². The fourth-order valence-corrected chi connectivity index (χ4v) is 4.39. The first kappa shape index (κ1) is 14.5. The number of rotatable bonds is 4. The van der Waals surface area contributed by atoms with Crippen molar-refractivity contribution in [3.63, 3.8) is 0 Å². The molecule has 102 valence electrons. The molecule has 3 unspecified atom stereocenters. The average molecular weight is 331 g/mol. The van der Waals surface area contributed by atoms with Gasteiger partial charge in [0.1, 0.15) is 0 Å². The quantitative estimate of drug-likeness (QED) is 0.903. The highest BCUT2D eigenvalue weighted by Crippen LogP contribution is 2.34. The van der Waals surface area contributed by atoms with Crippen molar-refractivity contribution in [2.75, 3.05) is 13.6 Å². The van der Waals surface area contributed by atoms with Crippen LogP contribution in [-0.2, 0) is 0 Å². The topological polar surface area (TPSA) is 29.3 Å². The maximum absolute atomic E-state index is 6.01. The fourth-order valence-electron chi connectivity index (χ4n) is 3.17. The molecule has 0 aliphatic heterocycles. The molecule has 0 amide bonds. The molecule has 1 aliphatic rings. The summed E-state index contributed by atoms with van der Waals surface area (Å²) in [6, 6.07) is 3.26. The van der Waals surface area contributed by atoms with Gasteiger partial charge in [0.05, 0.1) is 3.79 Å². The van der Waals surface area contributed by atoms with Gasteiger partial charge < -0.3 is 5.73 Å². The van der Waals surface area contributed by atoms with E-state index in [9.17, 15) is 0 Å². The number of nitrogens with two attached hydrogens (primary N) is 1. The Labute approximate surface area is 123 Å². The largest absolute Gasteiger partial charge is 0.329 e. The van der Waals surface area contributed by atoms with Gasteiger partial charge in [-0.3, -0.25) is 4.90 Å². The molecule has 2 rings (SSSR count). The van der Waals surface area contributed by atoms with Crippen LogP contribution in [0, 0.1) is 5.92 Å². The van der Waals surface area contributed by atoms with E-state index in [0.717, 1.165) is 5.92 Å². The van der Waals surface area contributed by atoms with Crippen molar-refractivity contribution >= 4 is 27.3 Å². The minimum atomic E-state index is 0.359. The lowest BCUT2D eigenvalue weighted by Gasteiger charge is -2.40. The van der Waals surface area contributed by atoms with Crippen LogP contribution in [0.1, 0.15) is 44.2 Å². The molecule has 0 spiro atoms. The highest BCUT2D eigenvalue weighted by Gasteiger charge is 2.29. The van der Waals surface area contributed by atoms with Gasteiger partial charge in [0, 0.05) is 18.6 Å². The molecule has 2 nitrogen and oxygen atoms in total. The molecule has 1 fully saturated rings. The third-order valence-electron chi connectivity index (χ3n) is 4.28. The third kappa shape index (κ3) is 3.16. The summed E-state index contributed by atoms with van der Waals surface area (Å²) >= 11 is 5.29. The van der Waals surface area contributed by atoms with E-state index in [2.05, 4.69) is 46.2 Å². The van der Waals surface area contributed by atoms with Crippen LogP contribution in [-0.4, -0.2) is 24.5 Å². The molecule has 1 heterocycles. The highest BCUT2D eigenvalue weighted by molar-refractivity contribution is 9.11. The van der Waals surface area contributed by atoms with Crippen molar-refractivity contribution in [3.05, 3.63) is 20.8 Å². The summed E-state index contributed by atoms with van der Waals surface area (Å²) in [5.41, 5.74) is 7.37. The Morgan fingerprint density at radius 2 is 2.22 bits per heavy atom. The number of nitrogens with zero attached hydrogens (tertiary/aromatic N) is 1. The Balaban J connectivity index is 2.11. The summed E-state index contributed by atoms with van der Waals surface area (Å²) in [6.45, 7) is 3.08. The molecule has 3 atom stereocenters. The SMILES string of the molecule is CC1CCCCC1N(C)C(CN)c1csc(Br)c1. The van der Waals surface area contributed by atoms with Gasteiger partial charge in [0.25, 0.3) is 0 Å². The van der Waals surface area contributed by atoms with Crippen LogP contribution >= 0.6 is 27.3 Å². The molecule has 1 saturated carbocycles. The number of halogens is 1. The Bertz CT molecular complexity index is 380. The van der Waals surface area contributed by atoms with Crippen LogP contribution in [0.3, 0.4) is 0 Å². The summed E-state index contributed by atoms with van der Waals surface area (Å²) in [7, 11) is 2.25. The van der Waals surface area contributed by atoms with Gasteiger partial charge >= 0.3 is 0 Å². The zero-order valence-corrected chi connectivity index (χ0v) is 13.6. The first-order chi connectivity index (χ1) is 8.63. The summed E-state index contributed by atoms with van der Waals surface area (Å²) in [6.07, 6.45) is 5.44. The van der Waals surface area contributed by atoms with Crippen molar-refractivity contribution in [1.82, 2.24) is 4.90 Å². The number of likely N-dealkylation sites (N-methyl/N-ethyl adjacent to an activating group) is 1. The van der Waals surface area contributed by atoms with E-state index in [0.29, 0.717) is 18.6 Å². The first-order valence-electron chi connectivity index (χ1n) is 6.79. The summed E-state index contributed by atoms with van der Waals surface area (Å²) in [5.74, 6) is 0.792. The van der Waals surface area contributed by atoms with Gasteiger partial charge in [0.2, 0.25) is 0 Å². The molecule has 0 saturated heterocycles. The lowest BCUT2D eigenvalue weighted by molar-refractivity contribution is 0.0994. The molecule has 0 radical (unpaired) electrons. The summed E-state index contributed by atoms with van der Waals surface area (Å²) in [4.78, 5) is 2.51. The summed E-state index contributed by atoms with van der Waals surface area (Å²) < 4.78 is 1.20. The Kier molecular flexibility index (Phi) is 5.24. The van der Waals surface area contributed by atoms with E-state index < -0.39 is 0 Å². The van der Waals surface area contributed by atoms with Crippen LogP contribution in [0.15, 0.2) is 15.2 Å². The Morgan fingerprint density at radius 3 is 2.78 bits per heavy atom. The van der Waals surface area contributed by atoms with Crippen molar-refractivity contribution < 1.29 is 0 Å².